The molecule has 128 valence electrons. The van der Waals surface area contributed by atoms with Crippen LogP contribution in [0.5, 0.6) is 5.75 Å². The fourth-order valence-corrected chi connectivity index (χ4v) is 3.87. The quantitative estimate of drug-likeness (QED) is 0.720. The smallest absolute Gasteiger partial charge is 0.239 e. The summed E-state index contributed by atoms with van der Waals surface area (Å²) in [5.41, 5.74) is 4.20. The average Bonchev–Trinajstić information content (AvgIpc) is 3.11. The van der Waals surface area contributed by atoms with E-state index in [9.17, 15) is 15.0 Å². The van der Waals surface area contributed by atoms with E-state index in [4.69, 9.17) is 11.8 Å². The number of nitrogens with one attached hydrogen (secondary N) is 1. The summed E-state index contributed by atoms with van der Waals surface area (Å²) in [6.07, 6.45) is -0.279. The number of hydrogen-bond acceptors (Lipinski definition) is 6. The number of hydrogen-bond donors (Lipinski definition) is 3. The third-order valence-corrected chi connectivity index (χ3v) is 5.42. The van der Waals surface area contributed by atoms with E-state index in [0.29, 0.717) is 12.0 Å². The van der Waals surface area contributed by atoms with Crippen LogP contribution in [0.15, 0.2) is 23.7 Å². The molecule has 1 amide bonds. The second-order valence-electron chi connectivity index (χ2n) is 5.82. The van der Waals surface area contributed by atoms with Crippen molar-refractivity contribution < 1.29 is 15.0 Å². The lowest BCUT2D eigenvalue weighted by Crippen LogP contribution is -2.39. The second-order valence-corrected chi connectivity index (χ2v) is 7.10. The largest absolute Gasteiger partial charge is 0.508 e. The van der Waals surface area contributed by atoms with E-state index in [1.165, 1.54) is 15.8 Å². The fraction of sp³-hybridized carbons (Fsp3) is 0.375. The van der Waals surface area contributed by atoms with Gasteiger partial charge in [-0.1, -0.05) is 12.1 Å². The Morgan fingerprint density at radius 1 is 1.54 bits per heavy atom. The zero-order valence-electron chi connectivity index (χ0n) is 13.1. The Morgan fingerprint density at radius 3 is 2.92 bits per heavy atom. The van der Waals surface area contributed by atoms with Crippen LogP contribution in [-0.2, 0) is 11.3 Å². The lowest BCUT2D eigenvalue weighted by atomic mass is 10.1. The molecule has 0 aliphatic carbocycles. The minimum Gasteiger partial charge on any atom is -0.508 e. The van der Waals surface area contributed by atoms with Crippen LogP contribution in [0.1, 0.15) is 17.7 Å². The van der Waals surface area contributed by atoms with Gasteiger partial charge in [-0.3, -0.25) is 4.79 Å². The van der Waals surface area contributed by atoms with E-state index in [1.807, 2.05) is 13.0 Å². The molecule has 0 radical (unpaired) electrons. The lowest BCUT2D eigenvalue weighted by Gasteiger charge is -2.16. The van der Waals surface area contributed by atoms with Gasteiger partial charge in [0, 0.05) is 25.1 Å². The van der Waals surface area contributed by atoms with E-state index in [1.54, 1.807) is 17.6 Å². The number of carbonyl (C=O) groups excluding carboxylic acids is 1. The Hall–Kier alpha value is -1.67. The molecular formula is C16H18ClN3O3S. The Labute approximate surface area is 148 Å². The van der Waals surface area contributed by atoms with Gasteiger partial charge in [0.25, 0.3) is 0 Å². The van der Waals surface area contributed by atoms with Crippen molar-refractivity contribution in [1.29, 1.82) is 0 Å². The SMILES string of the molecule is Cc1ncsc1-c1ccc(CNC(=O)[C@@H]2C[C@@H](O)CN2Cl)c(O)c1. The van der Waals surface area contributed by atoms with E-state index in [-0.39, 0.29) is 24.7 Å². The number of phenols is 1. The molecule has 3 N–H and O–H groups in total. The maximum absolute atomic E-state index is 12.1. The summed E-state index contributed by atoms with van der Waals surface area (Å²) >= 11 is 7.45. The van der Waals surface area contributed by atoms with Crippen LogP contribution >= 0.6 is 23.1 Å². The molecular weight excluding hydrogens is 350 g/mol. The molecule has 0 saturated carbocycles. The number of aromatic hydroxyl groups is 1. The van der Waals surface area contributed by atoms with Crippen LogP contribution in [0.2, 0.25) is 0 Å². The van der Waals surface area contributed by atoms with Crippen molar-refractivity contribution in [3.05, 3.63) is 35.0 Å². The topological polar surface area (TPSA) is 85.7 Å². The van der Waals surface area contributed by atoms with Crippen LogP contribution in [0.25, 0.3) is 10.4 Å². The van der Waals surface area contributed by atoms with Gasteiger partial charge in [-0.2, -0.15) is 0 Å². The molecule has 0 unspecified atom stereocenters. The number of aliphatic hydroxyl groups excluding tert-OH is 1. The highest BCUT2D eigenvalue weighted by Crippen LogP contribution is 2.31. The number of β-amino-alcohol motifs (C(OH)–C–C–N with tert-alkyl or cyclic N) is 1. The van der Waals surface area contributed by atoms with Crippen molar-refractivity contribution in [1.82, 2.24) is 14.7 Å². The van der Waals surface area contributed by atoms with Gasteiger partial charge in [0.15, 0.2) is 0 Å². The number of aliphatic hydroxyl groups is 1. The summed E-state index contributed by atoms with van der Waals surface area (Å²) in [7, 11) is 0. The zero-order valence-corrected chi connectivity index (χ0v) is 14.6. The van der Waals surface area contributed by atoms with E-state index in [0.717, 1.165) is 16.1 Å². The zero-order chi connectivity index (χ0) is 17.3. The molecule has 6 nitrogen and oxygen atoms in total. The predicted molar refractivity (Wildman–Crippen MR) is 92.8 cm³/mol. The van der Waals surface area contributed by atoms with E-state index < -0.39 is 12.1 Å². The number of rotatable bonds is 4. The number of aryl methyl sites for hydroxylation is 1. The first-order valence-electron chi connectivity index (χ1n) is 7.56. The summed E-state index contributed by atoms with van der Waals surface area (Å²) in [5, 5.41) is 22.5. The molecule has 1 fully saturated rings. The number of carbonyl (C=O) groups is 1. The van der Waals surface area contributed by atoms with E-state index in [2.05, 4.69) is 10.3 Å². The Morgan fingerprint density at radius 2 is 2.33 bits per heavy atom. The van der Waals surface area contributed by atoms with Gasteiger partial charge >= 0.3 is 0 Å². The summed E-state index contributed by atoms with van der Waals surface area (Å²) < 4.78 is 1.32. The van der Waals surface area contributed by atoms with Crippen LogP contribution in [0.4, 0.5) is 0 Å². The summed E-state index contributed by atoms with van der Waals surface area (Å²) in [6.45, 7) is 2.39. The number of nitrogens with zero attached hydrogens (tertiary/aromatic N) is 2. The second kappa shape index (κ2) is 7.06. The minimum absolute atomic E-state index is 0.120. The van der Waals surface area contributed by atoms with Crippen molar-refractivity contribution in [2.24, 2.45) is 0 Å². The van der Waals surface area contributed by atoms with Crippen molar-refractivity contribution in [3.8, 4) is 16.2 Å². The van der Waals surface area contributed by atoms with Crippen molar-refractivity contribution in [3.63, 3.8) is 0 Å². The van der Waals surface area contributed by atoms with Crippen molar-refractivity contribution >= 4 is 29.0 Å². The van der Waals surface area contributed by atoms with Crippen LogP contribution in [0.3, 0.4) is 0 Å². The molecule has 2 atom stereocenters. The standard InChI is InChI=1S/C16H18ClN3O3S/c1-9-15(24-8-19-9)10-2-3-11(14(22)4-10)6-18-16(23)13-5-12(21)7-20(13)17/h2-4,8,12-13,21-22H,5-7H2,1H3,(H,18,23)/t12-,13+/m1/s1. The highest BCUT2D eigenvalue weighted by molar-refractivity contribution is 7.13. The molecule has 24 heavy (non-hydrogen) atoms. The number of thiazole rings is 1. The Balaban J connectivity index is 1.66. The number of amides is 1. The molecule has 2 heterocycles. The third-order valence-electron chi connectivity index (χ3n) is 4.07. The first-order chi connectivity index (χ1) is 11.5. The van der Waals surface area contributed by atoms with Gasteiger partial charge in [-0.15, -0.1) is 11.3 Å². The fourth-order valence-electron chi connectivity index (χ4n) is 2.74. The van der Waals surface area contributed by atoms with Gasteiger partial charge in [-0.25, -0.2) is 9.40 Å². The summed E-state index contributed by atoms with van der Waals surface area (Å²) in [4.78, 5) is 17.4. The third kappa shape index (κ3) is 3.54. The van der Waals surface area contributed by atoms with Gasteiger partial charge in [0.1, 0.15) is 11.8 Å². The molecule has 3 rings (SSSR count). The molecule has 1 saturated heterocycles. The highest BCUT2D eigenvalue weighted by atomic mass is 35.5. The maximum atomic E-state index is 12.1. The molecule has 0 bridgehead atoms. The number of aromatic nitrogens is 1. The molecule has 1 aliphatic heterocycles. The number of benzene rings is 1. The van der Waals surface area contributed by atoms with Gasteiger partial charge < -0.3 is 15.5 Å². The van der Waals surface area contributed by atoms with Crippen LogP contribution in [-0.4, -0.2) is 44.2 Å². The molecule has 0 spiro atoms. The van der Waals surface area contributed by atoms with Crippen LogP contribution < -0.4 is 5.32 Å². The Bertz CT molecular complexity index is 752. The average molecular weight is 368 g/mol. The molecule has 2 aromatic rings. The Kier molecular flexibility index (Phi) is 5.05. The molecule has 8 heteroatoms. The summed E-state index contributed by atoms with van der Waals surface area (Å²) in [6, 6.07) is 4.80. The monoisotopic (exact) mass is 367 g/mol. The van der Waals surface area contributed by atoms with Gasteiger partial charge in [-0.05, 0) is 30.3 Å². The highest BCUT2D eigenvalue weighted by Gasteiger charge is 2.35. The van der Waals surface area contributed by atoms with Crippen molar-refractivity contribution in [2.45, 2.75) is 32.0 Å². The first-order valence-corrected chi connectivity index (χ1v) is 8.78. The van der Waals surface area contributed by atoms with Crippen LogP contribution in [0, 0.1) is 6.92 Å². The molecule has 1 aromatic carbocycles. The number of phenolic OH excluding ortho intramolecular Hbond substituents is 1. The summed E-state index contributed by atoms with van der Waals surface area (Å²) in [5.74, 6) is -0.141. The minimum atomic E-state index is -0.589. The van der Waals surface area contributed by atoms with Gasteiger partial charge in [0.05, 0.1) is 22.2 Å². The number of halogens is 1. The normalized spacial score (nSPS) is 21.1. The van der Waals surface area contributed by atoms with Gasteiger partial charge in [0.2, 0.25) is 5.91 Å². The molecule has 1 aromatic heterocycles. The van der Waals surface area contributed by atoms with E-state index >= 15 is 0 Å². The molecule has 1 aliphatic rings. The first kappa shape index (κ1) is 17.2. The van der Waals surface area contributed by atoms with Crippen molar-refractivity contribution in [2.75, 3.05) is 6.54 Å². The maximum Gasteiger partial charge on any atom is 0.239 e. The lowest BCUT2D eigenvalue weighted by molar-refractivity contribution is -0.124. The predicted octanol–water partition coefficient (Wildman–Crippen LogP) is 2.03.